The molecule has 0 saturated heterocycles. The van der Waals surface area contributed by atoms with Crippen LogP contribution in [-0.4, -0.2) is 39.6 Å². The smallest absolute Gasteiger partial charge is 0.250 e. The van der Waals surface area contributed by atoms with E-state index in [1.54, 1.807) is 7.11 Å². The Morgan fingerprint density at radius 1 is 1.18 bits per heavy atom. The Hall–Kier alpha value is -4.21. The van der Waals surface area contributed by atoms with Gasteiger partial charge in [0.2, 0.25) is 11.8 Å². The van der Waals surface area contributed by atoms with Crippen LogP contribution < -0.4 is 20.5 Å². The van der Waals surface area contributed by atoms with Gasteiger partial charge in [0.15, 0.2) is 11.6 Å². The zero-order chi connectivity index (χ0) is 23.8. The zero-order valence-corrected chi connectivity index (χ0v) is 18.8. The number of nitrogens with one attached hydrogen (secondary N) is 1. The number of anilines is 2. The van der Waals surface area contributed by atoms with Crippen molar-refractivity contribution in [3.63, 3.8) is 0 Å². The maximum Gasteiger partial charge on any atom is 0.250 e. The maximum atomic E-state index is 13.9. The van der Waals surface area contributed by atoms with Crippen molar-refractivity contribution in [2.75, 3.05) is 25.3 Å². The van der Waals surface area contributed by atoms with E-state index in [0.29, 0.717) is 17.1 Å². The van der Waals surface area contributed by atoms with Crippen molar-refractivity contribution in [2.24, 2.45) is 0 Å². The van der Waals surface area contributed by atoms with Crippen LogP contribution in [0.1, 0.15) is 23.2 Å². The summed E-state index contributed by atoms with van der Waals surface area (Å²) in [5.41, 5.74) is 12.0. The van der Waals surface area contributed by atoms with Gasteiger partial charge in [0.05, 0.1) is 38.0 Å². The van der Waals surface area contributed by atoms with Gasteiger partial charge >= 0.3 is 0 Å². The molecule has 1 aromatic carbocycles. The number of nitrogens with two attached hydrogens (primary N) is 1. The number of benzene rings is 1. The van der Waals surface area contributed by atoms with Gasteiger partial charge in [-0.25, -0.2) is 19.3 Å². The highest BCUT2D eigenvalue weighted by atomic mass is 19.1. The number of carbonyl (C=O) groups is 1. The Balaban J connectivity index is 1.45. The third kappa shape index (κ3) is 3.66. The number of aryl methyl sites for hydroxylation is 1. The second-order valence-corrected chi connectivity index (χ2v) is 8.01. The van der Waals surface area contributed by atoms with Crippen LogP contribution in [0.4, 0.5) is 15.9 Å². The van der Waals surface area contributed by atoms with Gasteiger partial charge in [0.25, 0.3) is 0 Å². The molecule has 0 unspecified atom stereocenters. The van der Waals surface area contributed by atoms with E-state index in [1.165, 1.54) is 30.9 Å². The summed E-state index contributed by atoms with van der Waals surface area (Å²) in [7, 11) is 2.88. The summed E-state index contributed by atoms with van der Waals surface area (Å²) in [4.78, 5) is 25.1. The lowest BCUT2D eigenvalue weighted by Gasteiger charge is -2.15. The summed E-state index contributed by atoms with van der Waals surface area (Å²) in [5, 5.41) is 2.65. The lowest BCUT2D eigenvalue weighted by molar-refractivity contribution is -0.115. The van der Waals surface area contributed by atoms with Gasteiger partial charge in [-0.05, 0) is 30.9 Å². The molecule has 0 spiro atoms. The van der Waals surface area contributed by atoms with E-state index in [-0.39, 0.29) is 23.9 Å². The van der Waals surface area contributed by atoms with E-state index in [1.807, 2.05) is 18.2 Å². The Morgan fingerprint density at radius 3 is 2.79 bits per heavy atom. The molecule has 0 saturated carbocycles. The molecule has 0 aliphatic heterocycles. The van der Waals surface area contributed by atoms with Gasteiger partial charge in [-0.15, -0.1) is 0 Å². The number of amides is 1. The first kappa shape index (κ1) is 21.6. The van der Waals surface area contributed by atoms with Crippen molar-refractivity contribution in [3.8, 4) is 17.3 Å². The molecule has 4 aromatic rings. The van der Waals surface area contributed by atoms with Crippen LogP contribution in [0.15, 0.2) is 36.8 Å². The van der Waals surface area contributed by atoms with Gasteiger partial charge in [-0.3, -0.25) is 4.79 Å². The van der Waals surface area contributed by atoms with E-state index in [9.17, 15) is 9.18 Å². The molecule has 1 aliphatic carbocycles. The monoisotopic (exact) mass is 462 g/mol. The molecule has 0 fully saturated rings. The molecule has 3 aromatic heterocycles. The SMILES string of the molecule is COc1cc(-n2c3c(c4ncnc(N)c42)CCC3)ccc1CC(=O)Nc1cnc(OC)c(F)c1. The third-order valence-electron chi connectivity index (χ3n) is 5.98. The average Bonchev–Trinajstić information content (AvgIpc) is 3.41. The topological polar surface area (TPSA) is 117 Å². The van der Waals surface area contributed by atoms with Gasteiger partial charge < -0.3 is 25.1 Å². The number of hydrogen-bond acceptors (Lipinski definition) is 7. The van der Waals surface area contributed by atoms with Gasteiger partial charge in [-0.2, -0.15) is 0 Å². The maximum absolute atomic E-state index is 13.9. The number of methoxy groups -OCH3 is 2. The first-order chi connectivity index (χ1) is 16.5. The van der Waals surface area contributed by atoms with Crippen LogP contribution in [0.5, 0.6) is 11.6 Å². The first-order valence-corrected chi connectivity index (χ1v) is 10.8. The Kier molecular flexibility index (Phi) is 5.48. The minimum Gasteiger partial charge on any atom is -0.496 e. The number of halogens is 1. The molecule has 10 heteroatoms. The fourth-order valence-corrected chi connectivity index (χ4v) is 4.52. The highest BCUT2D eigenvalue weighted by Gasteiger charge is 2.25. The number of aromatic nitrogens is 4. The van der Waals surface area contributed by atoms with Crippen molar-refractivity contribution >= 4 is 28.4 Å². The number of pyridine rings is 1. The summed E-state index contributed by atoms with van der Waals surface area (Å²) in [6.45, 7) is 0. The van der Waals surface area contributed by atoms with E-state index in [4.69, 9.17) is 15.2 Å². The number of ether oxygens (including phenoxy) is 2. The molecule has 0 atom stereocenters. The number of carbonyl (C=O) groups excluding carboxylic acids is 1. The minimum atomic E-state index is -0.656. The molecule has 0 radical (unpaired) electrons. The van der Waals surface area contributed by atoms with Gasteiger partial charge in [0.1, 0.15) is 17.6 Å². The minimum absolute atomic E-state index is 0.0346. The van der Waals surface area contributed by atoms with Crippen molar-refractivity contribution in [1.82, 2.24) is 19.5 Å². The van der Waals surface area contributed by atoms with Crippen LogP contribution >= 0.6 is 0 Å². The lowest BCUT2D eigenvalue weighted by atomic mass is 10.1. The Labute approximate surface area is 194 Å². The van der Waals surface area contributed by atoms with Gasteiger partial charge in [0, 0.05) is 29.1 Å². The molecule has 9 nitrogen and oxygen atoms in total. The van der Waals surface area contributed by atoms with Crippen molar-refractivity contribution in [2.45, 2.75) is 25.7 Å². The first-order valence-electron chi connectivity index (χ1n) is 10.8. The summed E-state index contributed by atoms with van der Waals surface area (Å²) in [6, 6.07) is 6.80. The predicted octanol–water partition coefficient (Wildman–Crippen LogP) is 3.22. The molecule has 34 heavy (non-hydrogen) atoms. The van der Waals surface area contributed by atoms with Crippen molar-refractivity contribution in [3.05, 3.63) is 59.4 Å². The van der Waals surface area contributed by atoms with Crippen molar-refractivity contribution in [1.29, 1.82) is 0 Å². The second kappa shape index (κ2) is 8.62. The molecule has 1 aliphatic rings. The summed E-state index contributed by atoms with van der Waals surface area (Å²) in [5.74, 6) is -0.150. The van der Waals surface area contributed by atoms with E-state index in [2.05, 4.69) is 24.8 Å². The van der Waals surface area contributed by atoms with Crippen molar-refractivity contribution < 1.29 is 18.7 Å². The Morgan fingerprint density at radius 2 is 2.03 bits per heavy atom. The zero-order valence-electron chi connectivity index (χ0n) is 18.8. The molecule has 5 rings (SSSR count). The van der Waals surface area contributed by atoms with E-state index in [0.717, 1.165) is 42.0 Å². The highest BCUT2D eigenvalue weighted by Crippen LogP contribution is 2.37. The number of nitrogens with zero attached hydrogens (tertiary/aromatic N) is 4. The molecule has 1 amide bonds. The summed E-state index contributed by atoms with van der Waals surface area (Å²) >= 11 is 0. The third-order valence-corrected chi connectivity index (χ3v) is 5.98. The summed E-state index contributed by atoms with van der Waals surface area (Å²) in [6.07, 6.45) is 5.79. The molecule has 3 N–H and O–H groups in total. The van der Waals surface area contributed by atoms with Crippen LogP contribution in [-0.2, 0) is 24.1 Å². The molecule has 0 bridgehead atoms. The number of nitrogen functional groups attached to an aromatic ring is 1. The fourth-order valence-electron chi connectivity index (χ4n) is 4.52. The lowest BCUT2D eigenvalue weighted by Crippen LogP contribution is -2.15. The predicted molar refractivity (Wildman–Crippen MR) is 125 cm³/mol. The van der Waals surface area contributed by atoms with Crippen LogP contribution in [0, 0.1) is 5.82 Å². The normalized spacial score (nSPS) is 12.6. The van der Waals surface area contributed by atoms with E-state index >= 15 is 0 Å². The number of rotatable bonds is 6. The quantitative estimate of drug-likeness (QED) is 0.452. The van der Waals surface area contributed by atoms with E-state index < -0.39 is 5.82 Å². The highest BCUT2D eigenvalue weighted by molar-refractivity contribution is 5.93. The Bertz CT molecular complexity index is 1420. The standard InChI is InChI=1S/C24H23FN6O3/c1-33-19-10-15(31-18-5-3-4-16(18)21-22(31)23(26)29-12-28-21)7-6-13(19)8-20(32)30-14-9-17(25)24(34-2)27-11-14/h6-7,9-12H,3-5,8H2,1-2H3,(H,30,32)(H2,26,28,29). The number of fused-ring (bicyclic) bond motifs is 3. The van der Waals surface area contributed by atoms with Gasteiger partial charge in [-0.1, -0.05) is 6.07 Å². The number of hydrogen-bond donors (Lipinski definition) is 2. The fraction of sp³-hybridized carbons (Fsp3) is 0.250. The van der Waals surface area contributed by atoms with Crippen LogP contribution in [0.2, 0.25) is 0 Å². The average molecular weight is 462 g/mol. The molecule has 3 heterocycles. The summed E-state index contributed by atoms with van der Waals surface area (Å²) < 4.78 is 26.4. The molecular formula is C24H23FN6O3. The molecule has 174 valence electrons. The van der Waals surface area contributed by atoms with Crippen LogP contribution in [0.25, 0.3) is 16.7 Å². The second-order valence-electron chi connectivity index (χ2n) is 8.01. The van der Waals surface area contributed by atoms with Crippen LogP contribution in [0.3, 0.4) is 0 Å². The molecular weight excluding hydrogens is 439 g/mol. The largest absolute Gasteiger partial charge is 0.496 e.